The van der Waals surface area contributed by atoms with Crippen LogP contribution in [0.5, 0.6) is 0 Å². The largest absolute Gasteiger partial charge is 0.339 e. The van der Waals surface area contributed by atoms with Gasteiger partial charge in [-0.3, -0.25) is 14.5 Å². The van der Waals surface area contributed by atoms with Gasteiger partial charge >= 0.3 is 0 Å². The van der Waals surface area contributed by atoms with Gasteiger partial charge in [-0.25, -0.2) is 0 Å². The lowest BCUT2D eigenvalue weighted by Crippen LogP contribution is -2.52. The van der Waals surface area contributed by atoms with E-state index in [0.29, 0.717) is 51.2 Å². The first-order valence-electron chi connectivity index (χ1n) is 7.48. The predicted octanol–water partition coefficient (Wildman–Crippen LogP) is -0.654. The molecule has 2 unspecified atom stereocenters. The van der Waals surface area contributed by atoms with E-state index >= 15 is 0 Å². The lowest BCUT2D eigenvalue weighted by molar-refractivity contribution is -0.139. The quantitative estimate of drug-likeness (QED) is 0.746. The number of carbonyl (C=O) groups is 2. The number of amides is 2. The standard InChI is InChI=1S/C14H26N4O2/c1-11-7-13(8-15)9-18(11)10-14(20)17-5-3-16(4-6-17)12(2)19/h11,13H,3-10,15H2,1-2H3. The van der Waals surface area contributed by atoms with Crippen LogP contribution in [0.3, 0.4) is 0 Å². The third-order valence-corrected chi connectivity index (χ3v) is 4.54. The van der Waals surface area contributed by atoms with Crippen molar-refractivity contribution in [3.63, 3.8) is 0 Å². The Morgan fingerprint density at radius 1 is 1.15 bits per heavy atom. The molecule has 6 nitrogen and oxygen atoms in total. The van der Waals surface area contributed by atoms with Gasteiger partial charge in [0.1, 0.15) is 0 Å². The summed E-state index contributed by atoms with van der Waals surface area (Å²) in [5, 5.41) is 0. The molecule has 2 saturated heterocycles. The molecule has 2 aliphatic heterocycles. The molecule has 2 N–H and O–H groups in total. The number of likely N-dealkylation sites (tertiary alicyclic amines) is 1. The van der Waals surface area contributed by atoms with E-state index in [1.54, 1.807) is 11.8 Å². The monoisotopic (exact) mass is 282 g/mol. The molecule has 0 saturated carbocycles. The van der Waals surface area contributed by atoms with E-state index in [9.17, 15) is 9.59 Å². The zero-order valence-corrected chi connectivity index (χ0v) is 12.5. The highest BCUT2D eigenvalue weighted by Gasteiger charge is 2.31. The first-order chi connectivity index (χ1) is 9.51. The van der Waals surface area contributed by atoms with Crippen LogP contribution in [0, 0.1) is 5.92 Å². The van der Waals surface area contributed by atoms with Crippen LogP contribution in [0.15, 0.2) is 0 Å². The maximum atomic E-state index is 12.3. The Kier molecular flexibility index (Phi) is 4.99. The molecule has 0 radical (unpaired) electrons. The van der Waals surface area contributed by atoms with Gasteiger partial charge in [0.25, 0.3) is 0 Å². The Morgan fingerprint density at radius 2 is 1.75 bits per heavy atom. The van der Waals surface area contributed by atoms with E-state index in [1.807, 2.05) is 4.90 Å². The van der Waals surface area contributed by atoms with E-state index in [1.165, 1.54) is 0 Å². The lowest BCUT2D eigenvalue weighted by Gasteiger charge is -2.35. The second-order valence-corrected chi connectivity index (χ2v) is 6.00. The number of piperazine rings is 1. The Hall–Kier alpha value is -1.14. The van der Waals surface area contributed by atoms with Gasteiger partial charge in [0, 0.05) is 45.7 Å². The Balaban J connectivity index is 1.80. The van der Waals surface area contributed by atoms with Crippen LogP contribution in [0.2, 0.25) is 0 Å². The number of hydrogen-bond donors (Lipinski definition) is 1. The summed E-state index contributed by atoms with van der Waals surface area (Å²) in [7, 11) is 0. The number of nitrogens with zero attached hydrogens (tertiary/aromatic N) is 3. The SMILES string of the molecule is CC(=O)N1CCN(C(=O)CN2CC(CN)CC2C)CC1. The second-order valence-electron chi connectivity index (χ2n) is 6.00. The second kappa shape index (κ2) is 6.54. The highest BCUT2D eigenvalue weighted by Crippen LogP contribution is 2.21. The molecule has 2 aliphatic rings. The zero-order chi connectivity index (χ0) is 14.7. The molecule has 0 spiro atoms. The van der Waals surface area contributed by atoms with Crippen molar-refractivity contribution < 1.29 is 9.59 Å². The molecule has 2 heterocycles. The molecule has 114 valence electrons. The first kappa shape index (κ1) is 15.3. The molecule has 6 heteroatoms. The fraction of sp³-hybridized carbons (Fsp3) is 0.857. The number of rotatable bonds is 3. The molecule has 20 heavy (non-hydrogen) atoms. The van der Waals surface area contributed by atoms with Crippen molar-refractivity contribution in [3.05, 3.63) is 0 Å². The zero-order valence-electron chi connectivity index (χ0n) is 12.5. The van der Waals surface area contributed by atoms with Gasteiger partial charge in [0.05, 0.1) is 6.54 Å². The summed E-state index contributed by atoms with van der Waals surface area (Å²) >= 11 is 0. The van der Waals surface area contributed by atoms with Crippen LogP contribution in [0.4, 0.5) is 0 Å². The van der Waals surface area contributed by atoms with Gasteiger partial charge in [-0.05, 0) is 25.8 Å². The van der Waals surface area contributed by atoms with Gasteiger partial charge in [0.15, 0.2) is 0 Å². The van der Waals surface area contributed by atoms with Crippen LogP contribution in [-0.4, -0.2) is 78.4 Å². The van der Waals surface area contributed by atoms with Gasteiger partial charge in [-0.2, -0.15) is 0 Å². The van der Waals surface area contributed by atoms with Gasteiger partial charge in [0.2, 0.25) is 11.8 Å². The van der Waals surface area contributed by atoms with E-state index < -0.39 is 0 Å². The molecule has 0 aromatic rings. The number of carbonyl (C=O) groups excluding carboxylic acids is 2. The van der Waals surface area contributed by atoms with E-state index in [-0.39, 0.29) is 11.8 Å². The van der Waals surface area contributed by atoms with Gasteiger partial charge in [-0.15, -0.1) is 0 Å². The summed E-state index contributed by atoms with van der Waals surface area (Å²) in [5.74, 6) is 0.793. The molecule has 2 rings (SSSR count). The van der Waals surface area contributed by atoms with E-state index in [2.05, 4.69) is 11.8 Å². The van der Waals surface area contributed by atoms with Crippen LogP contribution in [0.1, 0.15) is 20.3 Å². The van der Waals surface area contributed by atoms with Gasteiger partial charge in [-0.1, -0.05) is 0 Å². The van der Waals surface area contributed by atoms with Gasteiger partial charge < -0.3 is 15.5 Å². The molecule has 0 aromatic heterocycles. The highest BCUT2D eigenvalue weighted by molar-refractivity contribution is 5.79. The van der Waals surface area contributed by atoms with Crippen LogP contribution in [-0.2, 0) is 9.59 Å². The van der Waals surface area contributed by atoms with Crippen molar-refractivity contribution in [2.45, 2.75) is 26.3 Å². The minimum atomic E-state index is 0.0936. The van der Waals surface area contributed by atoms with E-state index in [4.69, 9.17) is 5.73 Å². The molecular formula is C14H26N4O2. The summed E-state index contributed by atoms with van der Waals surface area (Å²) < 4.78 is 0. The number of hydrogen-bond acceptors (Lipinski definition) is 4. The topological polar surface area (TPSA) is 69.9 Å². The van der Waals surface area contributed by atoms with Crippen molar-refractivity contribution in [1.82, 2.24) is 14.7 Å². The Morgan fingerprint density at radius 3 is 2.25 bits per heavy atom. The summed E-state index contributed by atoms with van der Waals surface area (Å²) in [6.45, 7) is 8.47. The molecular weight excluding hydrogens is 256 g/mol. The maximum Gasteiger partial charge on any atom is 0.236 e. The fourth-order valence-corrected chi connectivity index (χ4v) is 3.15. The Labute approximate surface area is 120 Å². The predicted molar refractivity (Wildman–Crippen MR) is 77.0 cm³/mol. The average molecular weight is 282 g/mol. The average Bonchev–Trinajstić information content (AvgIpc) is 2.79. The lowest BCUT2D eigenvalue weighted by atomic mass is 10.1. The molecule has 2 amide bonds. The molecule has 2 atom stereocenters. The minimum absolute atomic E-state index is 0.0936. The summed E-state index contributed by atoms with van der Waals surface area (Å²) in [5.41, 5.74) is 5.72. The maximum absolute atomic E-state index is 12.3. The van der Waals surface area contributed by atoms with Crippen molar-refractivity contribution in [1.29, 1.82) is 0 Å². The summed E-state index contributed by atoms with van der Waals surface area (Å²) in [4.78, 5) is 29.5. The first-order valence-corrected chi connectivity index (χ1v) is 7.48. The van der Waals surface area contributed by atoms with E-state index in [0.717, 1.165) is 13.0 Å². The summed E-state index contributed by atoms with van der Waals surface area (Å²) in [6.07, 6.45) is 1.09. The highest BCUT2D eigenvalue weighted by atomic mass is 16.2. The van der Waals surface area contributed by atoms with Crippen LogP contribution < -0.4 is 5.73 Å². The van der Waals surface area contributed by atoms with Crippen molar-refractivity contribution in [2.24, 2.45) is 11.7 Å². The molecule has 0 bridgehead atoms. The van der Waals surface area contributed by atoms with Crippen molar-refractivity contribution in [2.75, 3.05) is 45.8 Å². The molecule has 2 fully saturated rings. The van der Waals surface area contributed by atoms with Crippen LogP contribution in [0.25, 0.3) is 0 Å². The third-order valence-electron chi connectivity index (χ3n) is 4.54. The minimum Gasteiger partial charge on any atom is -0.339 e. The fourth-order valence-electron chi connectivity index (χ4n) is 3.15. The summed E-state index contributed by atoms with van der Waals surface area (Å²) in [6, 6.07) is 0.436. The smallest absolute Gasteiger partial charge is 0.236 e. The Bertz CT molecular complexity index is 366. The van der Waals surface area contributed by atoms with Crippen molar-refractivity contribution in [3.8, 4) is 0 Å². The molecule has 0 aliphatic carbocycles. The van der Waals surface area contributed by atoms with Crippen LogP contribution >= 0.6 is 0 Å². The third kappa shape index (κ3) is 3.49. The van der Waals surface area contributed by atoms with Crippen molar-refractivity contribution >= 4 is 11.8 Å². The number of nitrogens with two attached hydrogens (primary N) is 1. The molecule has 0 aromatic carbocycles. The normalized spacial score (nSPS) is 27.9.